The summed E-state index contributed by atoms with van der Waals surface area (Å²) in [5, 5.41) is 5.39. The average molecular weight is 215 g/mol. The zero-order chi connectivity index (χ0) is 11.8. The fraction of sp³-hybridized carbons (Fsp3) is 0.800. The van der Waals surface area contributed by atoms with E-state index in [1.165, 1.54) is 0 Å². The molecule has 0 aromatic carbocycles. The van der Waals surface area contributed by atoms with Crippen molar-refractivity contribution in [3.63, 3.8) is 0 Å². The van der Waals surface area contributed by atoms with E-state index >= 15 is 0 Å². The van der Waals surface area contributed by atoms with E-state index < -0.39 is 6.04 Å². The molecule has 0 bridgehead atoms. The van der Waals surface area contributed by atoms with Gasteiger partial charge in [0, 0.05) is 19.0 Å². The molecule has 0 heterocycles. The summed E-state index contributed by atoms with van der Waals surface area (Å²) in [6.07, 6.45) is 1.20. The average Bonchev–Trinajstić information content (AvgIpc) is 2.17. The van der Waals surface area contributed by atoms with Gasteiger partial charge in [-0.25, -0.2) is 0 Å². The zero-order valence-corrected chi connectivity index (χ0v) is 9.67. The van der Waals surface area contributed by atoms with Gasteiger partial charge in [-0.1, -0.05) is 6.92 Å². The van der Waals surface area contributed by atoms with Crippen LogP contribution in [-0.2, 0) is 9.59 Å². The molecule has 0 aliphatic heterocycles. The summed E-state index contributed by atoms with van der Waals surface area (Å²) in [5.74, 6) is -0.277. The molecule has 0 saturated carbocycles. The van der Waals surface area contributed by atoms with E-state index in [0.29, 0.717) is 13.0 Å². The Balaban J connectivity index is 3.60. The van der Waals surface area contributed by atoms with Gasteiger partial charge in [-0.15, -0.1) is 0 Å². The molecule has 4 N–H and O–H groups in total. The molecular weight excluding hydrogens is 194 g/mol. The molecular formula is C10H21N3O2. The first kappa shape index (κ1) is 13.9. The second kappa shape index (κ2) is 7.23. The van der Waals surface area contributed by atoms with Gasteiger partial charge in [-0.3, -0.25) is 9.59 Å². The van der Waals surface area contributed by atoms with Crippen molar-refractivity contribution < 1.29 is 9.59 Å². The van der Waals surface area contributed by atoms with Gasteiger partial charge in [0.1, 0.15) is 0 Å². The van der Waals surface area contributed by atoms with Crippen molar-refractivity contribution in [2.45, 2.75) is 45.7 Å². The van der Waals surface area contributed by atoms with Crippen LogP contribution >= 0.6 is 0 Å². The molecule has 1 unspecified atom stereocenters. The van der Waals surface area contributed by atoms with E-state index in [4.69, 9.17) is 5.73 Å². The topological polar surface area (TPSA) is 84.2 Å². The number of rotatable bonds is 6. The van der Waals surface area contributed by atoms with Gasteiger partial charge in [0.15, 0.2) is 0 Å². The van der Waals surface area contributed by atoms with Gasteiger partial charge in [0.25, 0.3) is 0 Å². The molecule has 2 amide bonds. The molecule has 15 heavy (non-hydrogen) atoms. The van der Waals surface area contributed by atoms with Gasteiger partial charge in [-0.2, -0.15) is 0 Å². The molecule has 0 aliphatic carbocycles. The molecule has 0 saturated heterocycles. The predicted octanol–water partition coefficient (Wildman–Crippen LogP) is -0.245. The third kappa shape index (κ3) is 6.90. The lowest BCUT2D eigenvalue weighted by Gasteiger charge is -2.12. The van der Waals surface area contributed by atoms with E-state index in [2.05, 4.69) is 10.6 Å². The largest absolute Gasteiger partial charge is 0.354 e. The van der Waals surface area contributed by atoms with Gasteiger partial charge in [0.2, 0.25) is 11.8 Å². The zero-order valence-electron chi connectivity index (χ0n) is 9.67. The summed E-state index contributed by atoms with van der Waals surface area (Å²) >= 11 is 0. The van der Waals surface area contributed by atoms with Crippen molar-refractivity contribution in [3.8, 4) is 0 Å². The van der Waals surface area contributed by atoms with E-state index in [-0.39, 0.29) is 17.9 Å². The first-order valence-corrected chi connectivity index (χ1v) is 5.30. The first-order chi connectivity index (χ1) is 6.97. The minimum atomic E-state index is -0.525. The fourth-order valence-electron chi connectivity index (χ4n) is 0.909. The predicted molar refractivity (Wildman–Crippen MR) is 59.2 cm³/mol. The van der Waals surface area contributed by atoms with Gasteiger partial charge < -0.3 is 16.4 Å². The minimum absolute atomic E-state index is 0.0469. The highest BCUT2D eigenvalue weighted by atomic mass is 16.2. The number of nitrogens with two attached hydrogens (primary N) is 1. The Morgan fingerprint density at radius 3 is 2.40 bits per heavy atom. The van der Waals surface area contributed by atoms with Crippen LogP contribution in [0.15, 0.2) is 0 Å². The molecule has 0 aromatic rings. The maximum absolute atomic E-state index is 11.3. The van der Waals surface area contributed by atoms with Crippen LogP contribution < -0.4 is 16.4 Å². The summed E-state index contributed by atoms with van der Waals surface area (Å²) < 4.78 is 0. The van der Waals surface area contributed by atoms with Crippen molar-refractivity contribution in [3.05, 3.63) is 0 Å². The molecule has 0 radical (unpaired) electrons. The Morgan fingerprint density at radius 1 is 1.33 bits per heavy atom. The van der Waals surface area contributed by atoms with Gasteiger partial charge in [0.05, 0.1) is 6.04 Å². The summed E-state index contributed by atoms with van der Waals surface area (Å²) in [6, 6.07) is -0.343. The lowest BCUT2D eigenvalue weighted by Crippen LogP contribution is -2.40. The fourth-order valence-corrected chi connectivity index (χ4v) is 0.909. The second-order valence-corrected chi connectivity index (χ2v) is 3.71. The summed E-state index contributed by atoms with van der Waals surface area (Å²) in [6.45, 7) is 5.89. The van der Waals surface area contributed by atoms with Crippen LogP contribution in [0.3, 0.4) is 0 Å². The van der Waals surface area contributed by atoms with Crippen LogP contribution in [0.2, 0.25) is 0 Å². The van der Waals surface area contributed by atoms with Crippen LogP contribution in [0.1, 0.15) is 33.6 Å². The van der Waals surface area contributed by atoms with Crippen LogP contribution in [0.25, 0.3) is 0 Å². The van der Waals surface area contributed by atoms with Gasteiger partial charge in [-0.05, 0) is 20.3 Å². The van der Waals surface area contributed by atoms with Crippen molar-refractivity contribution >= 4 is 11.8 Å². The molecule has 5 heteroatoms. The third-order valence-corrected chi connectivity index (χ3v) is 2.08. The summed E-state index contributed by atoms with van der Waals surface area (Å²) in [5.41, 5.74) is 5.34. The van der Waals surface area contributed by atoms with Crippen molar-refractivity contribution in [2.75, 3.05) is 6.54 Å². The molecule has 0 fully saturated rings. The SMILES string of the molecule is CCC(C)NC(=O)CCNC(=O)[C@H](C)N. The highest BCUT2D eigenvalue weighted by molar-refractivity contribution is 5.82. The molecule has 0 aliphatic rings. The van der Waals surface area contributed by atoms with Crippen molar-refractivity contribution in [1.82, 2.24) is 10.6 Å². The monoisotopic (exact) mass is 215 g/mol. The molecule has 88 valence electrons. The number of nitrogens with one attached hydrogen (secondary N) is 2. The second-order valence-electron chi connectivity index (χ2n) is 3.71. The number of hydrogen-bond acceptors (Lipinski definition) is 3. The van der Waals surface area contributed by atoms with Crippen LogP contribution in [0.4, 0.5) is 0 Å². The Bertz CT molecular complexity index is 217. The first-order valence-electron chi connectivity index (χ1n) is 5.30. The maximum Gasteiger partial charge on any atom is 0.236 e. The van der Waals surface area contributed by atoms with E-state index in [1.807, 2.05) is 13.8 Å². The smallest absolute Gasteiger partial charge is 0.236 e. The lowest BCUT2D eigenvalue weighted by atomic mass is 10.2. The Hall–Kier alpha value is -1.10. The van der Waals surface area contributed by atoms with Crippen molar-refractivity contribution in [1.29, 1.82) is 0 Å². The van der Waals surface area contributed by atoms with Crippen LogP contribution in [-0.4, -0.2) is 30.4 Å². The Kier molecular flexibility index (Phi) is 6.70. The number of amides is 2. The normalized spacial score (nSPS) is 14.1. The quantitative estimate of drug-likeness (QED) is 0.571. The summed E-state index contributed by atoms with van der Waals surface area (Å²) in [7, 11) is 0. The van der Waals surface area contributed by atoms with Crippen LogP contribution in [0, 0.1) is 0 Å². The number of carbonyl (C=O) groups is 2. The molecule has 2 atom stereocenters. The number of hydrogen-bond donors (Lipinski definition) is 3. The standard InChI is InChI=1S/C10H21N3O2/c1-4-7(2)13-9(14)5-6-12-10(15)8(3)11/h7-8H,4-6,11H2,1-3H3,(H,12,15)(H,13,14)/t7?,8-/m0/s1. The highest BCUT2D eigenvalue weighted by Gasteiger charge is 2.08. The highest BCUT2D eigenvalue weighted by Crippen LogP contribution is 1.89. The van der Waals surface area contributed by atoms with E-state index in [1.54, 1.807) is 6.92 Å². The van der Waals surface area contributed by atoms with E-state index in [9.17, 15) is 9.59 Å². The summed E-state index contributed by atoms with van der Waals surface area (Å²) in [4.78, 5) is 22.3. The Morgan fingerprint density at radius 2 is 1.93 bits per heavy atom. The minimum Gasteiger partial charge on any atom is -0.354 e. The van der Waals surface area contributed by atoms with Gasteiger partial charge >= 0.3 is 0 Å². The molecule has 0 spiro atoms. The molecule has 0 rings (SSSR count). The maximum atomic E-state index is 11.3. The number of carbonyl (C=O) groups excluding carboxylic acids is 2. The lowest BCUT2D eigenvalue weighted by molar-refractivity contribution is -0.123. The van der Waals surface area contributed by atoms with Crippen LogP contribution in [0.5, 0.6) is 0 Å². The Labute approximate surface area is 90.8 Å². The van der Waals surface area contributed by atoms with E-state index in [0.717, 1.165) is 6.42 Å². The molecule has 0 aromatic heterocycles. The third-order valence-electron chi connectivity index (χ3n) is 2.08. The molecule has 5 nitrogen and oxygen atoms in total. The van der Waals surface area contributed by atoms with Crippen molar-refractivity contribution in [2.24, 2.45) is 5.73 Å².